The summed E-state index contributed by atoms with van der Waals surface area (Å²) < 4.78 is 11.6. The van der Waals surface area contributed by atoms with Crippen molar-refractivity contribution < 1.29 is 19.1 Å². The van der Waals surface area contributed by atoms with E-state index < -0.39 is 0 Å². The lowest BCUT2D eigenvalue weighted by atomic mass is 10.1. The Morgan fingerprint density at radius 3 is 2.64 bits per heavy atom. The average molecular weight is 389 g/mol. The van der Waals surface area contributed by atoms with Crippen molar-refractivity contribution in [2.75, 3.05) is 19.7 Å². The highest BCUT2D eigenvalue weighted by Crippen LogP contribution is 2.35. The number of carbonyl (C=O) groups is 2. The predicted octanol–water partition coefficient (Wildman–Crippen LogP) is 3.19. The molecule has 1 aromatic carbocycles. The van der Waals surface area contributed by atoms with Crippen molar-refractivity contribution in [1.82, 2.24) is 10.2 Å². The average Bonchev–Trinajstić information content (AvgIpc) is 2.94. The maximum atomic E-state index is 12.6. The molecule has 0 bridgehead atoms. The molecule has 2 rings (SSSR count). The van der Waals surface area contributed by atoms with Gasteiger partial charge in [0.2, 0.25) is 11.8 Å². The molecule has 0 fully saturated rings. The van der Waals surface area contributed by atoms with Crippen molar-refractivity contribution in [1.29, 1.82) is 0 Å². The van der Waals surface area contributed by atoms with Crippen molar-refractivity contribution in [3.05, 3.63) is 29.3 Å². The number of amides is 2. The van der Waals surface area contributed by atoms with Crippen LogP contribution in [0, 0.1) is 0 Å². The number of ether oxygens (including phenoxy) is 2. The number of hydrogen-bond donors (Lipinski definition) is 1. The van der Waals surface area contributed by atoms with Gasteiger partial charge in [0.05, 0.1) is 13.2 Å². The Hall–Kier alpha value is -2.50. The van der Waals surface area contributed by atoms with Crippen LogP contribution in [-0.4, -0.2) is 48.1 Å². The summed E-state index contributed by atoms with van der Waals surface area (Å²) in [5.41, 5.74) is 1.58. The van der Waals surface area contributed by atoms with E-state index in [4.69, 9.17) is 9.47 Å². The summed E-state index contributed by atoms with van der Waals surface area (Å²) in [6.07, 6.45) is 4.20. The zero-order valence-electron chi connectivity index (χ0n) is 17.8. The predicted molar refractivity (Wildman–Crippen MR) is 111 cm³/mol. The van der Waals surface area contributed by atoms with Gasteiger partial charge in [0.1, 0.15) is 17.6 Å². The quantitative estimate of drug-likeness (QED) is 0.729. The minimum Gasteiger partial charge on any atom is -0.493 e. The van der Waals surface area contributed by atoms with Crippen LogP contribution in [0.5, 0.6) is 11.5 Å². The van der Waals surface area contributed by atoms with Crippen LogP contribution in [0.2, 0.25) is 0 Å². The number of hydrogen-bond acceptors (Lipinski definition) is 4. The first-order valence-electron chi connectivity index (χ1n) is 9.87. The molecule has 154 valence electrons. The second kappa shape index (κ2) is 9.13. The molecule has 2 amide bonds. The van der Waals surface area contributed by atoms with Crippen LogP contribution in [0.15, 0.2) is 18.2 Å². The minimum atomic E-state index is -0.330. The third kappa shape index (κ3) is 6.01. The normalized spacial score (nSPS) is 15.9. The summed E-state index contributed by atoms with van der Waals surface area (Å²) in [7, 11) is 0. The number of benzene rings is 1. The standard InChI is InChI=1S/C22H32N2O4/c1-7-24(14-20(25)23-22(4,5)6)21(26)10-9-16-12-19-17(11-15(3)28-19)13-18(16)27-8-2/h9-10,12-13,15H,7-8,11,14H2,1-6H3,(H,23,25). The SMILES string of the molecule is CCOc1cc2c(cc1C=CC(=O)N(CC)CC(=O)NC(C)(C)C)OC(C)C2. The maximum absolute atomic E-state index is 12.6. The van der Waals surface area contributed by atoms with E-state index in [-0.39, 0.29) is 30.0 Å². The van der Waals surface area contributed by atoms with Gasteiger partial charge >= 0.3 is 0 Å². The lowest BCUT2D eigenvalue weighted by Crippen LogP contribution is -2.47. The number of fused-ring (bicyclic) bond motifs is 1. The van der Waals surface area contributed by atoms with Crippen LogP contribution in [0.4, 0.5) is 0 Å². The number of nitrogens with zero attached hydrogens (tertiary/aromatic N) is 1. The Morgan fingerprint density at radius 2 is 2.04 bits per heavy atom. The maximum Gasteiger partial charge on any atom is 0.247 e. The molecule has 1 aliphatic rings. The van der Waals surface area contributed by atoms with Crippen molar-refractivity contribution in [2.45, 2.75) is 59.6 Å². The molecule has 1 N–H and O–H groups in total. The van der Waals surface area contributed by atoms with Crippen molar-refractivity contribution in [3.63, 3.8) is 0 Å². The molecular weight excluding hydrogens is 356 g/mol. The van der Waals surface area contributed by atoms with Gasteiger partial charge in [-0.1, -0.05) is 0 Å². The zero-order chi connectivity index (χ0) is 20.9. The number of carbonyl (C=O) groups excluding carboxylic acids is 2. The van der Waals surface area contributed by atoms with Gasteiger partial charge in [-0.05, 0) is 59.8 Å². The number of nitrogens with one attached hydrogen (secondary N) is 1. The Labute approximate surface area is 167 Å². The van der Waals surface area contributed by atoms with E-state index in [9.17, 15) is 9.59 Å². The van der Waals surface area contributed by atoms with Gasteiger partial charge in [0.15, 0.2) is 0 Å². The Balaban J connectivity index is 2.13. The summed E-state index contributed by atoms with van der Waals surface area (Å²) in [4.78, 5) is 26.2. The molecule has 1 unspecified atom stereocenters. The van der Waals surface area contributed by atoms with Crippen molar-refractivity contribution >= 4 is 17.9 Å². The molecule has 0 aliphatic carbocycles. The zero-order valence-corrected chi connectivity index (χ0v) is 17.8. The summed E-state index contributed by atoms with van der Waals surface area (Å²) in [6.45, 7) is 12.6. The second-order valence-corrected chi connectivity index (χ2v) is 8.05. The summed E-state index contributed by atoms with van der Waals surface area (Å²) >= 11 is 0. The van der Waals surface area contributed by atoms with Crippen LogP contribution in [0.1, 0.15) is 52.7 Å². The smallest absolute Gasteiger partial charge is 0.247 e. The molecular formula is C22H32N2O4. The van der Waals surface area contributed by atoms with Crippen molar-refractivity contribution in [3.8, 4) is 11.5 Å². The largest absolute Gasteiger partial charge is 0.493 e. The van der Waals surface area contributed by atoms with E-state index in [0.29, 0.717) is 13.2 Å². The topological polar surface area (TPSA) is 67.9 Å². The molecule has 6 heteroatoms. The third-order valence-electron chi connectivity index (χ3n) is 4.28. The number of likely N-dealkylation sites (N-methyl/N-ethyl adjacent to an activating group) is 1. The van der Waals surface area contributed by atoms with E-state index >= 15 is 0 Å². The molecule has 1 aromatic rings. The third-order valence-corrected chi connectivity index (χ3v) is 4.28. The van der Waals surface area contributed by atoms with Gasteiger partial charge in [0.25, 0.3) is 0 Å². The molecule has 1 aliphatic heterocycles. The molecule has 1 heterocycles. The molecule has 0 saturated heterocycles. The first-order valence-corrected chi connectivity index (χ1v) is 9.87. The molecule has 0 aromatic heterocycles. The van der Waals surface area contributed by atoms with Gasteiger partial charge in [-0.15, -0.1) is 0 Å². The van der Waals surface area contributed by atoms with Crippen LogP contribution in [0.25, 0.3) is 6.08 Å². The van der Waals surface area contributed by atoms with Crippen LogP contribution in [0.3, 0.4) is 0 Å². The number of rotatable bonds is 7. The van der Waals surface area contributed by atoms with Crippen LogP contribution in [-0.2, 0) is 16.0 Å². The van der Waals surface area contributed by atoms with Gasteiger partial charge in [0, 0.05) is 35.7 Å². The highest BCUT2D eigenvalue weighted by molar-refractivity contribution is 5.94. The summed E-state index contributed by atoms with van der Waals surface area (Å²) in [5, 5.41) is 2.88. The Morgan fingerprint density at radius 1 is 1.32 bits per heavy atom. The first kappa shape index (κ1) is 21.8. The molecule has 28 heavy (non-hydrogen) atoms. The lowest BCUT2D eigenvalue weighted by Gasteiger charge is -2.24. The van der Waals surface area contributed by atoms with E-state index in [1.807, 2.05) is 53.7 Å². The Kier molecular flexibility index (Phi) is 7.11. The van der Waals surface area contributed by atoms with Gasteiger partial charge in [-0.3, -0.25) is 9.59 Å². The fourth-order valence-corrected chi connectivity index (χ4v) is 3.11. The first-order chi connectivity index (χ1) is 13.1. The minimum absolute atomic E-state index is 0.0279. The lowest BCUT2D eigenvalue weighted by molar-refractivity contribution is -0.132. The summed E-state index contributed by atoms with van der Waals surface area (Å²) in [5.74, 6) is 1.17. The van der Waals surface area contributed by atoms with Gasteiger partial charge < -0.3 is 19.7 Å². The van der Waals surface area contributed by atoms with E-state index in [1.54, 1.807) is 6.08 Å². The molecule has 0 saturated carbocycles. The van der Waals surface area contributed by atoms with E-state index in [2.05, 4.69) is 5.32 Å². The molecule has 0 radical (unpaired) electrons. The monoisotopic (exact) mass is 388 g/mol. The van der Waals surface area contributed by atoms with Crippen LogP contribution < -0.4 is 14.8 Å². The molecule has 6 nitrogen and oxygen atoms in total. The van der Waals surface area contributed by atoms with E-state index in [1.165, 1.54) is 11.0 Å². The fraction of sp³-hybridized carbons (Fsp3) is 0.545. The van der Waals surface area contributed by atoms with Crippen molar-refractivity contribution in [2.24, 2.45) is 0 Å². The highest BCUT2D eigenvalue weighted by atomic mass is 16.5. The van der Waals surface area contributed by atoms with Gasteiger partial charge in [-0.25, -0.2) is 0 Å². The fourth-order valence-electron chi connectivity index (χ4n) is 3.11. The van der Waals surface area contributed by atoms with Gasteiger partial charge in [-0.2, -0.15) is 0 Å². The molecule has 0 spiro atoms. The van der Waals surface area contributed by atoms with E-state index in [0.717, 1.165) is 29.0 Å². The second-order valence-electron chi connectivity index (χ2n) is 8.05. The van der Waals surface area contributed by atoms with Crippen LogP contribution >= 0.6 is 0 Å². The molecule has 1 atom stereocenters. The Bertz CT molecular complexity index is 750. The highest BCUT2D eigenvalue weighted by Gasteiger charge is 2.22. The summed E-state index contributed by atoms with van der Waals surface area (Å²) in [6, 6.07) is 3.90.